The van der Waals surface area contributed by atoms with Crippen molar-refractivity contribution in [1.82, 2.24) is 9.97 Å². The van der Waals surface area contributed by atoms with Crippen LogP contribution in [0.2, 0.25) is 10.0 Å². The van der Waals surface area contributed by atoms with Gasteiger partial charge in [-0.3, -0.25) is 9.97 Å². The van der Waals surface area contributed by atoms with E-state index in [1.807, 2.05) is 45.0 Å². The normalized spacial score (nSPS) is 15.7. The molecule has 1 atom stereocenters. The van der Waals surface area contributed by atoms with Crippen LogP contribution in [-0.2, 0) is 22.7 Å². The molecule has 5 rings (SSSR count). The first-order valence-corrected chi connectivity index (χ1v) is 13.0. The molecule has 3 heterocycles. The highest BCUT2D eigenvalue weighted by atomic mass is 35.5. The molecule has 1 fully saturated rings. The Morgan fingerprint density at radius 2 is 1.39 bits per heavy atom. The molecule has 0 saturated carbocycles. The number of benzene rings is 2. The summed E-state index contributed by atoms with van der Waals surface area (Å²) in [6, 6.07) is 11.8. The summed E-state index contributed by atoms with van der Waals surface area (Å²) in [6.07, 6.45) is 3.23. The van der Waals surface area contributed by atoms with Crippen LogP contribution in [0.5, 0.6) is 0 Å². The van der Waals surface area contributed by atoms with E-state index in [4.69, 9.17) is 37.8 Å². The summed E-state index contributed by atoms with van der Waals surface area (Å²) in [6.45, 7) is 9.30. The number of nitrogens with zero attached hydrogens (tertiary/aromatic N) is 2. The molecule has 2 aromatic carbocycles. The molecule has 7 heteroatoms. The molecule has 5 nitrogen and oxygen atoms in total. The number of aliphatic hydroxyl groups is 1. The van der Waals surface area contributed by atoms with E-state index >= 15 is 0 Å². The number of aliphatic hydroxyl groups excluding tert-OH is 1. The SMILES string of the molecule is Cc1cc(Cl)c2cc(C)c(CO)cc2n1.Cc1cc(Cl)c2cc(C)c(COC3CCCCO3)cc2n1. The summed E-state index contributed by atoms with van der Waals surface area (Å²) in [5.41, 5.74) is 7.84. The topological polar surface area (TPSA) is 64.5 Å². The van der Waals surface area contributed by atoms with Gasteiger partial charge in [0.15, 0.2) is 6.29 Å². The Labute approximate surface area is 222 Å². The molecule has 0 amide bonds. The molecule has 1 unspecified atom stereocenters. The van der Waals surface area contributed by atoms with Gasteiger partial charge in [0.05, 0.1) is 34.3 Å². The van der Waals surface area contributed by atoms with Crippen LogP contribution in [0, 0.1) is 27.7 Å². The number of hydrogen-bond acceptors (Lipinski definition) is 5. The first kappa shape index (κ1) is 26.8. The molecule has 36 heavy (non-hydrogen) atoms. The average Bonchev–Trinajstić information content (AvgIpc) is 2.84. The van der Waals surface area contributed by atoms with Crippen LogP contribution in [-0.4, -0.2) is 28.0 Å². The lowest BCUT2D eigenvalue weighted by molar-refractivity contribution is -0.169. The minimum atomic E-state index is -0.0668. The maximum Gasteiger partial charge on any atom is 0.158 e. The van der Waals surface area contributed by atoms with Gasteiger partial charge in [0.25, 0.3) is 0 Å². The molecule has 1 saturated heterocycles. The Kier molecular flexibility index (Phi) is 8.81. The van der Waals surface area contributed by atoms with E-state index in [9.17, 15) is 0 Å². The Morgan fingerprint density at radius 1 is 0.833 bits per heavy atom. The molecule has 4 aromatic rings. The Hall–Kier alpha value is -2.28. The van der Waals surface area contributed by atoms with Crippen molar-refractivity contribution in [2.24, 2.45) is 0 Å². The molecule has 1 N–H and O–H groups in total. The first-order valence-electron chi connectivity index (χ1n) is 12.2. The van der Waals surface area contributed by atoms with Crippen molar-refractivity contribution >= 4 is 45.0 Å². The third-order valence-electron chi connectivity index (χ3n) is 6.42. The second kappa shape index (κ2) is 11.8. The molecule has 190 valence electrons. The molecule has 0 aliphatic carbocycles. The van der Waals surface area contributed by atoms with E-state index in [1.54, 1.807) is 0 Å². The van der Waals surface area contributed by atoms with Crippen LogP contribution in [0.4, 0.5) is 0 Å². The summed E-state index contributed by atoms with van der Waals surface area (Å²) in [5.74, 6) is 0. The van der Waals surface area contributed by atoms with Crippen molar-refractivity contribution in [2.45, 2.75) is 66.5 Å². The van der Waals surface area contributed by atoms with Crippen LogP contribution in [0.1, 0.15) is 52.9 Å². The second-order valence-electron chi connectivity index (χ2n) is 9.35. The number of aryl methyl sites for hydroxylation is 4. The van der Waals surface area contributed by atoms with Crippen molar-refractivity contribution in [3.05, 3.63) is 80.1 Å². The van der Waals surface area contributed by atoms with E-state index in [0.717, 1.165) is 74.4 Å². The van der Waals surface area contributed by atoms with Gasteiger partial charge < -0.3 is 14.6 Å². The fourth-order valence-electron chi connectivity index (χ4n) is 4.37. The predicted molar refractivity (Wildman–Crippen MR) is 147 cm³/mol. The smallest absolute Gasteiger partial charge is 0.158 e. The molecule has 2 aromatic heterocycles. The first-order chi connectivity index (χ1) is 17.2. The van der Waals surface area contributed by atoms with Gasteiger partial charge in [0.1, 0.15) is 0 Å². The van der Waals surface area contributed by atoms with Crippen molar-refractivity contribution in [3.63, 3.8) is 0 Å². The lowest BCUT2D eigenvalue weighted by atomic mass is 10.1. The van der Waals surface area contributed by atoms with E-state index in [1.165, 1.54) is 12.0 Å². The fraction of sp³-hybridized carbons (Fsp3) is 0.379. The highest BCUT2D eigenvalue weighted by Crippen LogP contribution is 2.28. The molecular formula is C29H32Cl2N2O3. The summed E-state index contributed by atoms with van der Waals surface area (Å²) < 4.78 is 11.5. The zero-order valence-corrected chi connectivity index (χ0v) is 22.7. The van der Waals surface area contributed by atoms with Crippen LogP contribution in [0.25, 0.3) is 21.8 Å². The van der Waals surface area contributed by atoms with Crippen LogP contribution in [0.15, 0.2) is 36.4 Å². The van der Waals surface area contributed by atoms with Gasteiger partial charge in [-0.25, -0.2) is 0 Å². The van der Waals surface area contributed by atoms with Gasteiger partial charge in [-0.1, -0.05) is 23.2 Å². The Morgan fingerprint density at radius 3 is 1.92 bits per heavy atom. The minimum absolute atomic E-state index is 0.0367. The van der Waals surface area contributed by atoms with Crippen molar-refractivity contribution in [2.75, 3.05) is 6.61 Å². The molecule has 0 radical (unpaired) electrons. The van der Waals surface area contributed by atoms with Gasteiger partial charge in [0, 0.05) is 28.8 Å². The van der Waals surface area contributed by atoms with Gasteiger partial charge in [-0.2, -0.15) is 0 Å². The summed E-state index contributed by atoms with van der Waals surface area (Å²) in [4.78, 5) is 8.95. The summed E-state index contributed by atoms with van der Waals surface area (Å²) in [5, 5.41) is 12.6. The van der Waals surface area contributed by atoms with Gasteiger partial charge in [0.2, 0.25) is 0 Å². The van der Waals surface area contributed by atoms with Gasteiger partial charge in [-0.15, -0.1) is 0 Å². The Bertz CT molecular complexity index is 1380. The third kappa shape index (κ3) is 6.34. The maximum absolute atomic E-state index is 9.16. The van der Waals surface area contributed by atoms with Crippen LogP contribution >= 0.6 is 23.2 Å². The van der Waals surface area contributed by atoms with Crippen molar-refractivity contribution in [1.29, 1.82) is 0 Å². The quantitative estimate of drug-likeness (QED) is 0.297. The Balaban J connectivity index is 0.000000179. The van der Waals surface area contributed by atoms with Crippen LogP contribution in [0.3, 0.4) is 0 Å². The number of hydrogen-bond donors (Lipinski definition) is 1. The van der Waals surface area contributed by atoms with Crippen LogP contribution < -0.4 is 0 Å². The van der Waals surface area contributed by atoms with E-state index in [2.05, 4.69) is 29.0 Å². The maximum atomic E-state index is 9.16. The molecule has 1 aliphatic heterocycles. The average molecular weight is 527 g/mol. The number of aromatic nitrogens is 2. The monoisotopic (exact) mass is 526 g/mol. The van der Waals surface area contributed by atoms with Crippen molar-refractivity contribution < 1.29 is 14.6 Å². The molecular weight excluding hydrogens is 495 g/mol. The molecule has 0 spiro atoms. The largest absolute Gasteiger partial charge is 0.392 e. The number of pyridine rings is 2. The van der Waals surface area contributed by atoms with Crippen molar-refractivity contribution in [3.8, 4) is 0 Å². The fourth-order valence-corrected chi connectivity index (χ4v) is 4.98. The number of fused-ring (bicyclic) bond motifs is 2. The van der Waals surface area contributed by atoms with Gasteiger partial charge in [-0.05, 0) is 106 Å². The lowest BCUT2D eigenvalue weighted by Crippen LogP contribution is -2.22. The number of ether oxygens (including phenoxy) is 2. The second-order valence-corrected chi connectivity index (χ2v) is 10.2. The number of rotatable bonds is 4. The molecule has 1 aliphatic rings. The summed E-state index contributed by atoms with van der Waals surface area (Å²) in [7, 11) is 0. The van der Waals surface area contributed by atoms with Gasteiger partial charge >= 0.3 is 0 Å². The highest BCUT2D eigenvalue weighted by Gasteiger charge is 2.15. The summed E-state index contributed by atoms with van der Waals surface area (Å²) >= 11 is 12.4. The van der Waals surface area contributed by atoms with E-state index in [0.29, 0.717) is 11.6 Å². The zero-order valence-electron chi connectivity index (χ0n) is 21.2. The zero-order chi connectivity index (χ0) is 25.8. The minimum Gasteiger partial charge on any atom is -0.392 e. The number of halogens is 2. The van der Waals surface area contributed by atoms with E-state index in [-0.39, 0.29) is 12.9 Å². The lowest BCUT2D eigenvalue weighted by Gasteiger charge is -2.23. The molecule has 0 bridgehead atoms. The third-order valence-corrected chi connectivity index (χ3v) is 7.05. The van der Waals surface area contributed by atoms with E-state index < -0.39 is 0 Å². The standard InChI is InChI=1S/C17H20ClNO2.C12H12ClNO/c1-11-7-14-15(18)8-12(2)19-16(14)9-13(11)10-21-17-5-3-4-6-20-17;1-7-3-10-11(13)4-8(2)14-12(10)5-9(7)6-15/h7-9,17H,3-6,10H2,1-2H3;3-5,15H,6H2,1-2H3. The predicted octanol–water partition coefficient (Wildman–Crippen LogP) is 7.55. The highest BCUT2D eigenvalue weighted by molar-refractivity contribution is 6.35.